The van der Waals surface area contributed by atoms with Gasteiger partial charge >= 0.3 is 0 Å². The van der Waals surface area contributed by atoms with Gasteiger partial charge in [0.15, 0.2) is 0 Å². The number of ether oxygens (including phenoxy) is 1. The SMILES string of the molecule is CC(C)n1cc(C2OCCCC2CCl)cn1. The monoisotopic (exact) mass is 242 g/mol. The van der Waals surface area contributed by atoms with Gasteiger partial charge in [0.05, 0.1) is 12.3 Å². The maximum atomic E-state index is 5.99. The van der Waals surface area contributed by atoms with Crippen molar-refractivity contribution >= 4 is 11.6 Å². The highest BCUT2D eigenvalue weighted by molar-refractivity contribution is 6.18. The van der Waals surface area contributed by atoms with Crippen molar-refractivity contribution in [2.45, 2.75) is 38.8 Å². The van der Waals surface area contributed by atoms with Gasteiger partial charge in [-0.25, -0.2) is 0 Å². The number of alkyl halides is 1. The molecule has 4 heteroatoms. The lowest BCUT2D eigenvalue weighted by atomic mass is 9.93. The normalized spacial score (nSPS) is 26.2. The van der Waals surface area contributed by atoms with Crippen molar-refractivity contribution in [2.75, 3.05) is 12.5 Å². The molecule has 2 rings (SSSR count). The van der Waals surface area contributed by atoms with Crippen molar-refractivity contribution in [2.24, 2.45) is 5.92 Å². The number of hydrogen-bond donors (Lipinski definition) is 0. The van der Waals surface area contributed by atoms with E-state index in [4.69, 9.17) is 16.3 Å². The van der Waals surface area contributed by atoms with Gasteiger partial charge in [-0.2, -0.15) is 5.10 Å². The molecule has 0 N–H and O–H groups in total. The van der Waals surface area contributed by atoms with Crippen LogP contribution in [0.5, 0.6) is 0 Å². The second-order valence-corrected chi connectivity index (χ2v) is 5.00. The number of halogens is 1. The molecule has 0 bridgehead atoms. The van der Waals surface area contributed by atoms with E-state index >= 15 is 0 Å². The van der Waals surface area contributed by atoms with Crippen LogP contribution >= 0.6 is 11.6 Å². The quantitative estimate of drug-likeness (QED) is 0.762. The van der Waals surface area contributed by atoms with Gasteiger partial charge in [0.1, 0.15) is 0 Å². The highest BCUT2D eigenvalue weighted by Crippen LogP contribution is 2.34. The molecule has 1 fully saturated rings. The minimum Gasteiger partial charge on any atom is -0.373 e. The van der Waals surface area contributed by atoms with Crippen molar-refractivity contribution < 1.29 is 4.74 Å². The predicted octanol–water partition coefficient (Wildman–Crippen LogP) is 3.17. The van der Waals surface area contributed by atoms with Crippen LogP contribution in [-0.2, 0) is 4.74 Å². The van der Waals surface area contributed by atoms with Gasteiger partial charge in [0.2, 0.25) is 0 Å². The van der Waals surface area contributed by atoms with Crippen LogP contribution in [-0.4, -0.2) is 22.3 Å². The summed E-state index contributed by atoms with van der Waals surface area (Å²) >= 11 is 5.99. The first-order valence-electron chi connectivity index (χ1n) is 5.94. The van der Waals surface area contributed by atoms with Gasteiger partial charge in [-0.3, -0.25) is 4.68 Å². The van der Waals surface area contributed by atoms with Gasteiger partial charge < -0.3 is 4.74 Å². The van der Waals surface area contributed by atoms with Crippen molar-refractivity contribution in [3.8, 4) is 0 Å². The highest BCUT2D eigenvalue weighted by Gasteiger charge is 2.27. The first-order chi connectivity index (χ1) is 7.72. The summed E-state index contributed by atoms with van der Waals surface area (Å²) in [5.41, 5.74) is 1.17. The zero-order valence-corrected chi connectivity index (χ0v) is 10.7. The van der Waals surface area contributed by atoms with E-state index in [2.05, 4.69) is 25.1 Å². The molecule has 1 saturated heterocycles. The zero-order valence-electron chi connectivity index (χ0n) is 9.90. The molecule has 90 valence electrons. The number of hydrogen-bond acceptors (Lipinski definition) is 2. The summed E-state index contributed by atoms with van der Waals surface area (Å²) in [6, 6.07) is 0.395. The molecule has 1 aliphatic heterocycles. The van der Waals surface area contributed by atoms with Crippen molar-refractivity contribution in [1.29, 1.82) is 0 Å². The van der Waals surface area contributed by atoms with Crippen LogP contribution in [0.2, 0.25) is 0 Å². The molecule has 0 aliphatic carbocycles. The Balaban J connectivity index is 2.14. The van der Waals surface area contributed by atoms with Gasteiger partial charge in [0, 0.05) is 36.2 Å². The molecular formula is C12H19ClN2O. The summed E-state index contributed by atoms with van der Waals surface area (Å²) in [5.74, 6) is 1.09. The van der Waals surface area contributed by atoms with Gasteiger partial charge in [0.25, 0.3) is 0 Å². The topological polar surface area (TPSA) is 27.1 Å². The molecule has 2 atom stereocenters. The molecular weight excluding hydrogens is 224 g/mol. The molecule has 0 spiro atoms. The van der Waals surface area contributed by atoms with Gasteiger partial charge in [-0.05, 0) is 26.7 Å². The van der Waals surface area contributed by atoms with Crippen LogP contribution in [0.4, 0.5) is 0 Å². The number of rotatable bonds is 3. The fourth-order valence-electron chi connectivity index (χ4n) is 2.15. The fraction of sp³-hybridized carbons (Fsp3) is 0.750. The van der Waals surface area contributed by atoms with Crippen LogP contribution in [0.25, 0.3) is 0 Å². The first kappa shape index (κ1) is 11.9. The van der Waals surface area contributed by atoms with E-state index in [0.717, 1.165) is 19.4 Å². The Labute approximate surface area is 102 Å². The summed E-state index contributed by atoms with van der Waals surface area (Å²) in [6.07, 6.45) is 6.40. The van der Waals surface area contributed by atoms with Crippen LogP contribution in [0.15, 0.2) is 12.4 Å². The molecule has 1 aromatic rings. The molecule has 3 nitrogen and oxygen atoms in total. The molecule has 0 saturated carbocycles. The van der Waals surface area contributed by atoms with E-state index in [1.54, 1.807) is 0 Å². The summed E-state index contributed by atoms with van der Waals surface area (Å²) < 4.78 is 7.79. The smallest absolute Gasteiger partial charge is 0.0894 e. The lowest BCUT2D eigenvalue weighted by Crippen LogP contribution is -2.23. The van der Waals surface area contributed by atoms with Crippen molar-refractivity contribution in [3.05, 3.63) is 18.0 Å². The second-order valence-electron chi connectivity index (χ2n) is 4.70. The molecule has 0 aromatic carbocycles. The number of nitrogens with zero attached hydrogens (tertiary/aromatic N) is 2. The van der Waals surface area contributed by atoms with Crippen molar-refractivity contribution in [3.63, 3.8) is 0 Å². The van der Waals surface area contributed by atoms with E-state index in [0.29, 0.717) is 17.8 Å². The van der Waals surface area contributed by atoms with E-state index < -0.39 is 0 Å². The Morgan fingerprint density at radius 1 is 1.62 bits per heavy atom. The third kappa shape index (κ3) is 2.41. The number of aromatic nitrogens is 2. The maximum absolute atomic E-state index is 5.99. The highest BCUT2D eigenvalue weighted by atomic mass is 35.5. The van der Waals surface area contributed by atoms with Crippen LogP contribution in [0.1, 0.15) is 44.4 Å². The summed E-state index contributed by atoms with van der Waals surface area (Å²) in [5, 5.41) is 4.35. The van der Waals surface area contributed by atoms with E-state index in [-0.39, 0.29) is 6.10 Å². The largest absolute Gasteiger partial charge is 0.373 e. The van der Waals surface area contributed by atoms with Crippen LogP contribution < -0.4 is 0 Å². The van der Waals surface area contributed by atoms with Crippen molar-refractivity contribution in [1.82, 2.24) is 9.78 Å². The Morgan fingerprint density at radius 2 is 2.44 bits per heavy atom. The fourth-order valence-corrected chi connectivity index (χ4v) is 2.47. The molecule has 1 aromatic heterocycles. The Hall–Kier alpha value is -0.540. The second kappa shape index (κ2) is 5.19. The molecule has 0 amide bonds. The lowest BCUT2D eigenvalue weighted by Gasteiger charge is -2.29. The predicted molar refractivity (Wildman–Crippen MR) is 64.7 cm³/mol. The minimum atomic E-state index is 0.138. The minimum absolute atomic E-state index is 0.138. The van der Waals surface area contributed by atoms with Gasteiger partial charge in [-0.15, -0.1) is 11.6 Å². The Bertz CT molecular complexity index is 338. The summed E-state index contributed by atoms with van der Waals surface area (Å²) in [7, 11) is 0. The molecule has 1 aliphatic rings. The van der Waals surface area contributed by atoms with E-state index in [1.165, 1.54) is 5.56 Å². The first-order valence-corrected chi connectivity index (χ1v) is 6.47. The van der Waals surface area contributed by atoms with Crippen LogP contribution in [0.3, 0.4) is 0 Å². The lowest BCUT2D eigenvalue weighted by molar-refractivity contribution is -0.0208. The zero-order chi connectivity index (χ0) is 11.5. The summed E-state index contributed by atoms with van der Waals surface area (Å²) in [6.45, 7) is 5.08. The van der Waals surface area contributed by atoms with Crippen LogP contribution in [0, 0.1) is 5.92 Å². The van der Waals surface area contributed by atoms with E-state index in [9.17, 15) is 0 Å². The van der Waals surface area contributed by atoms with E-state index in [1.807, 2.05) is 10.9 Å². The molecule has 2 unspecified atom stereocenters. The third-order valence-electron chi connectivity index (χ3n) is 3.12. The maximum Gasteiger partial charge on any atom is 0.0894 e. The Morgan fingerprint density at radius 3 is 3.06 bits per heavy atom. The molecule has 2 heterocycles. The standard InChI is InChI=1S/C12H19ClN2O/c1-9(2)15-8-11(7-14-15)12-10(6-13)4-3-5-16-12/h7-10,12H,3-6H2,1-2H3. The average Bonchev–Trinajstić information content (AvgIpc) is 2.78. The third-order valence-corrected chi connectivity index (χ3v) is 3.52. The molecule has 0 radical (unpaired) electrons. The average molecular weight is 243 g/mol. The summed E-state index contributed by atoms with van der Waals surface area (Å²) in [4.78, 5) is 0. The Kier molecular flexibility index (Phi) is 3.87. The molecule has 16 heavy (non-hydrogen) atoms. The van der Waals surface area contributed by atoms with Gasteiger partial charge in [-0.1, -0.05) is 0 Å².